The summed E-state index contributed by atoms with van der Waals surface area (Å²) in [5.41, 5.74) is 3.09. The van der Waals surface area contributed by atoms with E-state index in [2.05, 4.69) is 9.88 Å². The van der Waals surface area contributed by atoms with E-state index in [9.17, 15) is 14.7 Å². The van der Waals surface area contributed by atoms with Gasteiger partial charge in [-0.25, -0.2) is 0 Å². The molecule has 4 rings (SSSR count). The quantitative estimate of drug-likeness (QED) is 0.147. The van der Waals surface area contributed by atoms with Gasteiger partial charge in [0.05, 0.1) is 24.8 Å². The minimum atomic E-state index is -0.763. The third-order valence-electron chi connectivity index (χ3n) is 7.14. The van der Waals surface area contributed by atoms with Crippen LogP contribution >= 0.6 is 0 Å². The van der Waals surface area contributed by atoms with Crippen LogP contribution in [0.1, 0.15) is 34.7 Å². The fraction of sp³-hybridized carbons (Fsp3) is 0.344. The van der Waals surface area contributed by atoms with Gasteiger partial charge >= 0.3 is 0 Å². The zero-order valence-electron chi connectivity index (χ0n) is 23.2. The normalized spacial score (nSPS) is 15.4. The number of benzene rings is 2. The molecule has 0 bridgehead atoms. The molecule has 1 saturated heterocycles. The van der Waals surface area contributed by atoms with E-state index < -0.39 is 11.8 Å². The lowest BCUT2D eigenvalue weighted by Crippen LogP contribution is -2.38. The maximum absolute atomic E-state index is 13.1. The number of aryl methyl sites for hydroxylation is 1. The Morgan fingerprint density at radius 3 is 2.52 bits per heavy atom. The van der Waals surface area contributed by atoms with Crippen LogP contribution in [0.25, 0.3) is 5.76 Å². The molecule has 2 aromatic carbocycles. The second-order valence-electron chi connectivity index (χ2n) is 9.97. The van der Waals surface area contributed by atoms with Crippen molar-refractivity contribution < 1.29 is 24.2 Å². The van der Waals surface area contributed by atoms with E-state index in [0.29, 0.717) is 24.5 Å². The molecular weight excluding hydrogens is 506 g/mol. The van der Waals surface area contributed by atoms with Crippen molar-refractivity contribution in [3.63, 3.8) is 0 Å². The van der Waals surface area contributed by atoms with Gasteiger partial charge < -0.3 is 14.6 Å². The first-order valence-electron chi connectivity index (χ1n) is 13.6. The molecule has 1 aliphatic rings. The number of Topliss-reactive ketones (excluding diaryl/α,β-unsaturated/α-hetero) is 1. The number of hydrogen-bond donors (Lipinski definition) is 1. The number of carbonyl (C=O) groups is 2. The monoisotopic (exact) mass is 543 g/mol. The molecule has 8 nitrogen and oxygen atoms in total. The largest absolute Gasteiger partial charge is 0.507 e. The molecule has 0 saturated carbocycles. The molecule has 0 aliphatic carbocycles. The standard InChI is InChI=1S/C32H37N3O5/c1-24-21-27(9-10-29(24)40-23-25-7-4-3-5-8-25)32(38)30(28(37)22-36)31(26-11-13-33-14-12-26)34(2)15-6-16-35-17-19-39-20-18-35/h3-5,7-14,21-22,31,38H,6,15-20,23H2,1-2H3. The Kier molecular flexibility index (Phi) is 10.6. The zero-order valence-corrected chi connectivity index (χ0v) is 23.2. The molecule has 1 unspecified atom stereocenters. The summed E-state index contributed by atoms with van der Waals surface area (Å²) in [6.07, 6.45) is 4.42. The van der Waals surface area contributed by atoms with Crippen molar-refractivity contribution in [2.75, 3.05) is 46.4 Å². The fourth-order valence-electron chi connectivity index (χ4n) is 4.98. The molecule has 1 aliphatic heterocycles. The van der Waals surface area contributed by atoms with Crippen LogP contribution in [0.2, 0.25) is 0 Å². The predicted octanol–water partition coefficient (Wildman–Crippen LogP) is 4.40. The lowest BCUT2D eigenvalue weighted by atomic mass is 9.91. The van der Waals surface area contributed by atoms with Crippen molar-refractivity contribution in [3.05, 3.63) is 101 Å². The van der Waals surface area contributed by atoms with E-state index in [0.717, 1.165) is 56.0 Å². The van der Waals surface area contributed by atoms with Crippen molar-refractivity contribution >= 4 is 17.8 Å². The van der Waals surface area contributed by atoms with Crippen molar-refractivity contribution in [3.8, 4) is 5.75 Å². The summed E-state index contributed by atoms with van der Waals surface area (Å²) in [5.74, 6) is -0.312. The highest BCUT2D eigenvalue weighted by Gasteiger charge is 2.30. The van der Waals surface area contributed by atoms with Crippen LogP contribution in [0.4, 0.5) is 0 Å². The first-order chi connectivity index (χ1) is 19.5. The number of aliphatic hydroxyl groups is 1. The van der Waals surface area contributed by atoms with Crippen molar-refractivity contribution in [2.24, 2.45) is 0 Å². The van der Waals surface area contributed by atoms with Crippen LogP contribution in [-0.2, 0) is 20.9 Å². The third kappa shape index (κ3) is 7.63. The van der Waals surface area contributed by atoms with Crippen LogP contribution in [0, 0.1) is 6.92 Å². The Labute approximate surface area is 235 Å². The van der Waals surface area contributed by atoms with Gasteiger partial charge in [-0.05, 0) is 80.5 Å². The summed E-state index contributed by atoms with van der Waals surface area (Å²) >= 11 is 0. The highest BCUT2D eigenvalue weighted by Crippen LogP contribution is 2.34. The Bertz CT molecular complexity index is 1290. The minimum absolute atomic E-state index is 0.0347. The first-order valence-corrected chi connectivity index (χ1v) is 13.6. The highest BCUT2D eigenvalue weighted by molar-refractivity contribution is 6.35. The first kappa shape index (κ1) is 29.1. The summed E-state index contributed by atoms with van der Waals surface area (Å²) in [6.45, 7) is 7.12. The summed E-state index contributed by atoms with van der Waals surface area (Å²) in [7, 11) is 1.90. The average Bonchev–Trinajstić information content (AvgIpc) is 3.00. The van der Waals surface area contributed by atoms with Gasteiger partial charge in [0.15, 0.2) is 6.29 Å². The van der Waals surface area contributed by atoms with Gasteiger partial charge in [-0.15, -0.1) is 0 Å². The summed E-state index contributed by atoms with van der Waals surface area (Å²) in [4.78, 5) is 33.4. The Balaban J connectivity index is 1.61. The van der Waals surface area contributed by atoms with Gasteiger partial charge in [-0.1, -0.05) is 30.3 Å². The van der Waals surface area contributed by atoms with E-state index in [1.807, 2.05) is 49.2 Å². The Morgan fingerprint density at radius 1 is 1.12 bits per heavy atom. The minimum Gasteiger partial charge on any atom is -0.507 e. The second-order valence-corrected chi connectivity index (χ2v) is 9.97. The number of ether oxygens (including phenoxy) is 2. The maximum Gasteiger partial charge on any atom is 0.227 e. The van der Waals surface area contributed by atoms with Crippen LogP contribution < -0.4 is 4.74 Å². The van der Waals surface area contributed by atoms with Gasteiger partial charge in [0, 0.05) is 31.0 Å². The van der Waals surface area contributed by atoms with E-state index in [-0.39, 0.29) is 17.6 Å². The molecule has 0 radical (unpaired) electrons. The SMILES string of the molecule is Cc1cc(C(O)=C(C(=O)C=O)C(c2ccncc2)N(C)CCCN2CCOCC2)ccc1OCc1ccccc1. The molecule has 1 N–H and O–H groups in total. The van der Waals surface area contributed by atoms with Gasteiger partial charge in [-0.3, -0.25) is 24.4 Å². The smallest absolute Gasteiger partial charge is 0.227 e. The molecule has 8 heteroatoms. The Morgan fingerprint density at radius 2 is 1.85 bits per heavy atom. The molecular formula is C32H37N3O5. The third-order valence-corrected chi connectivity index (χ3v) is 7.14. The lowest BCUT2D eigenvalue weighted by Gasteiger charge is -2.32. The number of nitrogens with zero attached hydrogens (tertiary/aromatic N) is 3. The van der Waals surface area contributed by atoms with Crippen molar-refractivity contribution in [2.45, 2.75) is 26.0 Å². The molecule has 1 fully saturated rings. The number of carbonyl (C=O) groups excluding carboxylic acids is 2. The van der Waals surface area contributed by atoms with Gasteiger partial charge in [0.1, 0.15) is 18.1 Å². The number of aldehydes is 1. The average molecular weight is 544 g/mol. The number of pyridine rings is 1. The summed E-state index contributed by atoms with van der Waals surface area (Å²) < 4.78 is 11.4. The number of morpholine rings is 1. The molecule has 210 valence electrons. The number of likely N-dealkylation sites (N-methyl/N-ethyl adjacent to an activating group) is 1. The number of aromatic nitrogens is 1. The van der Waals surface area contributed by atoms with E-state index in [4.69, 9.17) is 9.47 Å². The Hall–Kier alpha value is -3.85. The molecule has 40 heavy (non-hydrogen) atoms. The molecule has 0 amide bonds. The van der Waals surface area contributed by atoms with E-state index in [1.165, 1.54) is 0 Å². The van der Waals surface area contributed by atoms with Crippen LogP contribution in [-0.4, -0.2) is 78.4 Å². The maximum atomic E-state index is 13.1. The van der Waals surface area contributed by atoms with E-state index in [1.54, 1.807) is 42.7 Å². The molecule has 1 aromatic heterocycles. The van der Waals surface area contributed by atoms with Crippen LogP contribution in [0.3, 0.4) is 0 Å². The number of aliphatic hydroxyl groups excluding tert-OH is 1. The predicted molar refractivity (Wildman–Crippen MR) is 154 cm³/mol. The zero-order chi connectivity index (χ0) is 28.3. The van der Waals surface area contributed by atoms with Gasteiger partial charge in [0.25, 0.3) is 0 Å². The topological polar surface area (TPSA) is 92.2 Å². The number of rotatable bonds is 13. The van der Waals surface area contributed by atoms with Crippen LogP contribution in [0.5, 0.6) is 5.75 Å². The second kappa shape index (κ2) is 14.5. The van der Waals surface area contributed by atoms with Gasteiger partial charge in [0.2, 0.25) is 5.78 Å². The molecule has 1 atom stereocenters. The molecule has 3 aromatic rings. The molecule has 2 heterocycles. The van der Waals surface area contributed by atoms with Crippen molar-refractivity contribution in [1.82, 2.24) is 14.8 Å². The number of ketones is 1. The highest BCUT2D eigenvalue weighted by atomic mass is 16.5. The van der Waals surface area contributed by atoms with E-state index >= 15 is 0 Å². The fourth-order valence-corrected chi connectivity index (χ4v) is 4.98. The number of hydrogen-bond acceptors (Lipinski definition) is 8. The van der Waals surface area contributed by atoms with Crippen molar-refractivity contribution in [1.29, 1.82) is 0 Å². The van der Waals surface area contributed by atoms with Crippen LogP contribution in [0.15, 0.2) is 78.6 Å². The summed E-state index contributed by atoms with van der Waals surface area (Å²) in [6, 6.07) is 18.1. The summed E-state index contributed by atoms with van der Waals surface area (Å²) in [5, 5.41) is 11.5. The molecule has 0 spiro atoms. The van der Waals surface area contributed by atoms with Gasteiger partial charge in [-0.2, -0.15) is 0 Å². The lowest BCUT2D eigenvalue weighted by molar-refractivity contribution is -0.127.